The first-order chi connectivity index (χ1) is 12.2. The molecule has 5 nitrogen and oxygen atoms in total. The first-order valence-electron chi connectivity index (χ1n) is 7.94. The summed E-state index contributed by atoms with van der Waals surface area (Å²) < 4.78 is 44.4. The Balaban J connectivity index is 2.06. The van der Waals surface area contributed by atoms with Crippen molar-refractivity contribution in [1.29, 1.82) is 0 Å². The Hall–Kier alpha value is -1.96. The van der Waals surface area contributed by atoms with Crippen molar-refractivity contribution < 1.29 is 22.3 Å². The summed E-state index contributed by atoms with van der Waals surface area (Å²) in [7, 11) is -3.94. The SMILES string of the molecule is CCOC(=O)[C@]1(N)[C@@H](c2ccc(F)cc2)[C@@H]1S(=O)(=O)c1ccc(Cl)cc1. The van der Waals surface area contributed by atoms with Crippen molar-refractivity contribution in [3.63, 3.8) is 0 Å². The summed E-state index contributed by atoms with van der Waals surface area (Å²) in [5.74, 6) is -2.09. The highest BCUT2D eigenvalue weighted by atomic mass is 35.5. The van der Waals surface area contributed by atoms with E-state index in [1.54, 1.807) is 6.92 Å². The second-order valence-corrected chi connectivity index (χ2v) is 8.61. The van der Waals surface area contributed by atoms with Gasteiger partial charge in [-0.3, -0.25) is 0 Å². The molecular weight excluding hydrogens is 381 g/mol. The molecule has 26 heavy (non-hydrogen) atoms. The summed E-state index contributed by atoms with van der Waals surface area (Å²) in [4.78, 5) is 12.4. The van der Waals surface area contributed by atoms with Crippen molar-refractivity contribution in [3.05, 3.63) is 64.9 Å². The number of rotatable bonds is 5. The van der Waals surface area contributed by atoms with E-state index >= 15 is 0 Å². The van der Waals surface area contributed by atoms with Gasteiger partial charge in [-0.2, -0.15) is 0 Å². The molecule has 3 atom stereocenters. The molecule has 3 rings (SSSR count). The number of hydrogen-bond acceptors (Lipinski definition) is 5. The average Bonchev–Trinajstić information content (AvgIpc) is 3.25. The zero-order chi connectivity index (χ0) is 19.1. The predicted octanol–water partition coefficient (Wildman–Crippen LogP) is 2.68. The van der Waals surface area contributed by atoms with Gasteiger partial charge in [-0.15, -0.1) is 0 Å². The van der Waals surface area contributed by atoms with Crippen LogP contribution in [0.1, 0.15) is 18.4 Å². The van der Waals surface area contributed by atoms with E-state index in [-0.39, 0.29) is 11.5 Å². The third kappa shape index (κ3) is 3.00. The first kappa shape index (κ1) is 18.8. The molecule has 2 aromatic rings. The molecule has 0 bridgehead atoms. The minimum Gasteiger partial charge on any atom is -0.465 e. The molecule has 0 aliphatic heterocycles. The topological polar surface area (TPSA) is 86.5 Å². The highest BCUT2D eigenvalue weighted by molar-refractivity contribution is 7.92. The monoisotopic (exact) mass is 397 g/mol. The minimum absolute atomic E-state index is 0.00985. The lowest BCUT2D eigenvalue weighted by atomic mass is 10.1. The van der Waals surface area contributed by atoms with E-state index in [2.05, 4.69) is 0 Å². The molecular formula is C18H17ClFNO4S. The molecule has 1 fully saturated rings. The Morgan fingerprint density at radius 2 is 1.77 bits per heavy atom. The van der Waals surface area contributed by atoms with Gasteiger partial charge in [0.2, 0.25) is 0 Å². The quantitative estimate of drug-likeness (QED) is 0.784. The van der Waals surface area contributed by atoms with E-state index in [0.717, 1.165) is 0 Å². The Kier molecular flexibility index (Phi) is 4.81. The number of ether oxygens (including phenoxy) is 1. The largest absolute Gasteiger partial charge is 0.465 e. The minimum atomic E-state index is -3.94. The molecule has 0 aromatic heterocycles. The van der Waals surface area contributed by atoms with Gasteiger partial charge < -0.3 is 10.5 Å². The Labute approximate surface area is 155 Å². The molecule has 1 saturated carbocycles. The van der Waals surface area contributed by atoms with Crippen molar-refractivity contribution in [2.75, 3.05) is 6.61 Å². The van der Waals surface area contributed by atoms with Crippen LogP contribution in [-0.4, -0.2) is 31.8 Å². The molecule has 2 N–H and O–H groups in total. The molecule has 138 valence electrons. The zero-order valence-electron chi connectivity index (χ0n) is 13.9. The molecule has 8 heteroatoms. The van der Waals surface area contributed by atoms with Crippen LogP contribution in [-0.2, 0) is 19.4 Å². The zero-order valence-corrected chi connectivity index (χ0v) is 15.4. The third-order valence-corrected chi connectivity index (χ3v) is 7.03. The van der Waals surface area contributed by atoms with E-state index in [4.69, 9.17) is 22.1 Å². The maximum Gasteiger partial charge on any atom is 0.328 e. The first-order valence-corrected chi connectivity index (χ1v) is 9.86. The van der Waals surface area contributed by atoms with E-state index < -0.39 is 38.3 Å². The van der Waals surface area contributed by atoms with Crippen molar-refractivity contribution in [2.24, 2.45) is 5.73 Å². The fraction of sp³-hybridized carbons (Fsp3) is 0.278. The van der Waals surface area contributed by atoms with Gasteiger partial charge in [-0.1, -0.05) is 23.7 Å². The van der Waals surface area contributed by atoms with Gasteiger partial charge >= 0.3 is 5.97 Å². The van der Waals surface area contributed by atoms with E-state index in [1.165, 1.54) is 48.5 Å². The summed E-state index contributed by atoms with van der Waals surface area (Å²) in [5, 5.41) is -0.820. The summed E-state index contributed by atoms with van der Waals surface area (Å²) >= 11 is 5.81. The van der Waals surface area contributed by atoms with Crippen LogP contribution in [0.2, 0.25) is 5.02 Å². The Morgan fingerprint density at radius 3 is 2.31 bits per heavy atom. The fourth-order valence-electron chi connectivity index (χ4n) is 3.20. The van der Waals surface area contributed by atoms with Crippen LogP contribution in [0.5, 0.6) is 0 Å². The van der Waals surface area contributed by atoms with Crippen molar-refractivity contribution in [1.82, 2.24) is 0 Å². The number of hydrogen-bond donors (Lipinski definition) is 1. The van der Waals surface area contributed by atoms with Crippen LogP contribution in [0, 0.1) is 5.82 Å². The van der Waals surface area contributed by atoms with Crippen molar-refractivity contribution in [3.8, 4) is 0 Å². The number of esters is 1. The molecule has 0 heterocycles. The van der Waals surface area contributed by atoms with Crippen LogP contribution in [0.4, 0.5) is 4.39 Å². The average molecular weight is 398 g/mol. The lowest BCUT2D eigenvalue weighted by Gasteiger charge is -2.11. The molecule has 0 radical (unpaired) electrons. The Bertz CT molecular complexity index is 931. The second-order valence-electron chi connectivity index (χ2n) is 6.10. The smallest absolute Gasteiger partial charge is 0.328 e. The van der Waals surface area contributed by atoms with Crippen LogP contribution >= 0.6 is 11.6 Å². The van der Waals surface area contributed by atoms with E-state index in [1.807, 2.05) is 0 Å². The number of carbonyl (C=O) groups is 1. The number of nitrogens with two attached hydrogens (primary N) is 1. The number of benzene rings is 2. The molecule has 0 unspecified atom stereocenters. The van der Waals surface area contributed by atoms with E-state index in [0.29, 0.717) is 10.6 Å². The highest BCUT2D eigenvalue weighted by Crippen LogP contribution is 2.56. The summed E-state index contributed by atoms with van der Waals surface area (Å²) in [6.45, 7) is 1.68. The molecule has 0 saturated heterocycles. The maximum absolute atomic E-state index is 13.2. The van der Waals surface area contributed by atoms with E-state index in [9.17, 15) is 17.6 Å². The van der Waals surface area contributed by atoms with Gasteiger partial charge in [0, 0.05) is 10.9 Å². The highest BCUT2D eigenvalue weighted by Gasteiger charge is 2.74. The van der Waals surface area contributed by atoms with Crippen LogP contribution in [0.3, 0.4) is 0 Å². The van der Waals surface area contributed by atoms with Crippen LogP contribution in [0.15, 0.2) is 53.4 Å². The number of halogens is 2. The summed E-state index contributed by atoms with van der Waals surface area (Å²) in [5.41, 5.74) is 4.95. The second kappa shape index (κ2) is 6.64. The van der Waals surface area contributed by atoms with Gasteiger partial charge in [0.25, 0.3) is 0 Å². The standard InChI is InChI=1S/C18H17ClFNO4S/c1-2-25-17(22)18(21)15(11-3-7-13(20)8-4-11)16(18)26(23,24)14-9-5-12(19)6-10-14/h3-10,15-16H,2,21H2,1H3/t15-,16-,18-/m0/s1. The predicted molar refractivity (Wildman–Crippen MR) is 95.1 cm³/mol. The Morgan fingerprint density at radius 1 is 1.19 bits per heavy atom. The van der Waals surface area contributed by atoms with Gasteiger partial charge in [0.1, 0.15) is 16.6 Å². The molecule has 1 aliphatic carbocycles. The summed E-state index contributed by atoms with van der Waals surface area (Å²) in [6.07, 6.45) is 0. The van der Waals surface area contributed by atoms with Gasteiger partial charge in [-0.25, -0.2) is 17.6 Å². The number of sulfone groups is 1. The van der Waals surface area contributed by atoms with Crippen LogP contribution < -0.4 is 5.73 Å². The van der Waals surface area contributed by atoms with Gasteiger partial charge in [-0.05, 0) is 48.9 Å². The van der Waals surface area contributed by atoms with Crippen molar-refractivity contribution >= 4 is 27.4 Å². The maximum atomic E-state index is 13.2. The lowest BCUT2D eigenvalue weighted by Crippen LogP contribution is -2.41. The third-order valence-electron chi connectivity index (χ3n) is 4.51. The van der Waals surface area contributed by atoms with Gasteiger partial charge in [0.05, 0.1) is 11.5 Å². The van der Waals surface area contributed by atoms with Gasteiger partial charge in [0.15, 0.2) is 9.84 Å². The molecule has 0 amide bonds. The number of carbonyl (C=O) groups excluding carboxylic acids is 1. The normalized spacial score (nSPS) is 24.9. The molecule has 1 aliphatic rings. The molecule has 0 spiro atoms. The summed E-state index contributed by atoms with van der Waals surface area (Å²) in [6, 6.07) is 10.9. The molecule has 2 aromatic carbocycles. The fourth-order valence-corrected chi connectivity index (χ4v) is 5.55. The van der Waals surface area contributed by atoms with Crippen LogP contribution in [0.25, 0.3) is 0 Å². The lowest BCUT2D eigenvalue weighted by molar-refractivity contribution is -0.145. The van der Waals surface area contributed by atoms with Crippen molar-refractivity contribution in [2.45, 2.75) is 28.5 Å².